The number of hydrogen-bond donors (Lipinski definition) is 3. The van der Waals surface area contributed by atoms with Gasteiger partial charge in [-0.05, 0) is 60.2 Å². The molecule has 0 saturated carbocycles. The number of carbonyl (C=O) groups is 3. The molecular formula is C45H35N5O7. The molecule has 1 aliphatic carbocycles. The Morgan fingerprint density at radius 2 is 1.30 bits per heavy atom. The minimum Gasteiger partial charge on any atom is -0.465 e. The van der Waals surface area contributed by atoms with Crippen molar-refractivity contribution in [3.63, 3.8) is 0 Å². The molecule has 6 aromatic rings. The maximum absolute atomic E-state index is 13.8. The van der Waals surface area contributed by atoms with Crippen LogP contribution in [0.3, 0.4) is 0 Å². The molecule has 4 N–H and O–H groups in total. The van der Waals surface area contributed by atoms with E-state index < -0.39 is 11.9 Å². The summed E-state index contributed by atoms with van der Waals surface area (Å²) in [5.41, 5.74) is 13.1. The molecule has 3 heterocycles. The maximum Gasteiger partial charge on any atom is 0.356 e. The number of aromatic nitrogens is 2. The van der Waals surface area contributed by atoms with Crippen LogP contribution >= 0.6 is 0 Å². The third kappa shape index (κ3) is 6.63. The van der Waals surface area contributed by atoms with Gasteiger partial charge in [-0.15, -0.1) is 0 Å². The van der Waals surface area contributed by atoms with Crippen LogP contribution in [0.25, 0.3) is 55.2 Å². The van der Waals surface area contributed by atoms with Crippen LogP contribution in [0.4, 0.5) is 17.1 Å². The number of Topliss-reactive ketones (excluding diaryl/α,β-unsaturated/α-hetero) is 1. The Hall–Kier alpha value is -7.60. The summed E-state index contributed by atoms with van der Waals surface area (Å²) in [5.74, 6) is -0.975. The molecule has 57 heavy (non-hydrogen) atoms. The standard InChI is InChI=1S/C45H35N5O7/c1-24(51)34-19-14-25-8-6-12-35(40(25)49-34)47-22-31-33(46)18-16-29-39(27-10-4-5-11-28(27)44(53)55-2)30-17-21-38(52)32(43(30)57-42(29)31)23-48-36-13-7-9-26-15-20-37(45(54)56-3)50-41(26)36/h4-21,47-48H,22-23,46H2,1-3H3. The van der Waals surface area contributed by atoms with E-state index in [0.717, 1.165) is 10.8 Å². The van der Waals surface area contributed by atoms with Crippen molar-refractivity contribution in [3.05, 3.63) is 147 Å². The van der Waals surface area contributed by atoms with Crippen molar-refractivity contribution >= 4 is 67.6 Å². The van der Waals surface area contributed by atoms with E-state index in [1.54, 1.807) is 42.5 Å². The highest BCUT2D eigenvalue weighted by Gasteiger charge is 2.27. The number of nitrogen functional groups attached to an aromatic ring is 1. The Balaban J connectivity index is 1.31. The number of methoxy groups -OCH3 is 2. The van der Waals surface area contributed by atoms with E-state index in [-0.39, 0.29) is 35.8 Å². The van der Waals surface area contributed by atoms with Gasteiger partial charge in [0, 0.05) is 58.5 Å². The van der Waals surface area contributed by atoms with Crippen molar-refractivity contribution in [1.82, 2.24) is 9.97 Å². The number of pyridine rings is 2. The van der Waals surface area contributed by atoms with Gasteiger partial charge in [0.2, 0.25) is 0 Å². The van der Waals surface area contributed by atoms with Gasteiger partial charge in [0.15, 0.2) is 11.2 Å². The van der Waals surface area contributed by atoms with Crippen LogP contribution < -0.4 is 21.8 Å². The Morgan fingerprint density at radius 3 is 1.96 bits per heavy atom. The summed E-state index contributed by atoms with van der Waals surface area (Å²) in [7, 11) is 2.62. The third-order valence-electron chi connectivity index (χ3n) is 9.97. The summed E-state index contributed by atoms with van der Waals surface area (Å²) >= 11 is 0. The normalized spacial score (nSPS) is 11.2. The number of ketones is 1. The van der Waals surface area contributed by atoms with Crippen molar-refractivity contribution in [2.45, 2.75) is 20.0 Å². The number of carbonyl (C=O) groups excluding carboxylic acids is 3. The summed E-state index contributed by atoms with van der Waals surface area (Å²) < 4.78 is 16.9. The van der Waals surface area contributed by atoms with Gasteiger partial charge >= 0.3 is 11.9 Å². The number of nitrogens with zero attached hydrogens (tertiary/aromatic N) is 2. The fourth-order valence-electron chi connectivity index (χ4n) is 7.12. The average Bonchev–Trinajstić information content (AvgIpc) is 3.24. The zero-order valence-corrected chi connectivity index (χ0v) is 31.1. The highest BCUT2D eigenvalue weighted by molar-refractivity contribution is 6.09. The average molecular weight is 758 g/mol. The lowest BCUT2D eigenvalue weighted by atomic mass is 9.88. The first-order valence-corrected chi connectivity index (χ1v) is 18.0. The minimum atomic E-state index is -0.574. The molecule has 282 valence electrons. The second-order valence-electron chi connectivity index (χ2n) is 13.3. The van der Waals surface area contributed by atoms with Crippen molar-refractivity contribution in [1.29, 1.82) is 0 Å². The number of ether oxygens (including phenoxy) is 2. The highest BCUT2D eigenvalue weighted by Crippen LogP contribution is 2.44. The number of nitrogens with one attached hydrogen (secondary N) is 2. The van der Waals surface area contributed by atoms with E-state index in [2.05, 4.69) is 20.6 Å². The Bertz CT molecular complexity index is 2960. The molecule has 2 aromatic heterocycles. The van der Waals surface area contributed by atoms with Crippen LogP contribution in [0.5, 0.6) is 0 Å². The molecule has 8 rings (SSSR count). The van der Waals surface area contributed by atoms with Gasteiger partial charge < -0.3 is 30.3 Å². The third-order valence-corrected chi connectivity index (χ3v) is 9.97. The molecular weight excluding hydrogens is 723 g/mol. The lowest BCUT2D eigenvalue weighted by Crippen LogP contribution is -2.16. The molecule has 0 saturated heterocycles. The molecule has 0 unspecified atom stereocenters. The van der Waals surface area contributed by atoms with Gasteiger partial charge in [-0.25, -0.2) is 19.6 Å². The van der Waals surface area contributed by atoms with Crippen LogP contribution in [-0.2, 0) is 22.6 Å². The highest BCUT2D eigenvalue weighted by atomic mass is 16.5. The number of fused-ring (bicyclic) bond motifs is 4. The fraction of sp³-hybridized carbons (Fsp3) is 0.111. The fourth-order valence-corrected chi connectivity index (χ4v) is 7.12. The Labute approximate surface area is 325 Å². The second kappa shape index (κ2) is 14.9. The molecule has 0 bridgehead atoms. The first kappa shape index (κ1) is 36.4. The molecule has 12 heteroatoms. The van der Waals surface area contributed by atoms with E-state index in [0.29, 0.717) is 78.1 Å². The van der Waals surface area contributed by atoms with Crippen molar-refractivity contribution < 1.29 is 28.3 Å². The largest absolute Gasteiger partial charge is 0.465 e. The summed E-state index contributed by atoms with van der Waals surface area (Å²) in [5, 5.41) is 9.07. The van der Waals surface area contributed by atoms with Crippen LogP contribution in [0.2, 0.25) is 0 Å². The molecule has 0 amide bonds. The number of benzene rings is 5. The zero-order valence-electron chi connectivity index (χ0n) is 31.1. The summed E-state index contributed by atoms with van der Waals surface area (Å²) in [4.78, 5) is 60.8. The van der Waals surface area contributed by atoms with Gasteiger partial charge in [0.05, 0.1) is 47.8 Å². The van der Waals surface area contributed by atoms with Crippen molar-refractivity contribution in [2.24, 2.45) is 0 Å². The van der Waals surface area contributed by atoms with Crippen LogP contribution in [0, 0.1) is 0 Å². The number of para-hydroxylation sites is 2. The predicted octanol–water partition coefficient (Wildman–Crippen LogP) is 8.24. The van der Waals surface area contributed by atoms with Gasteiger partial charge in [-0.2, -0.15) is 0 Å². The van der Waals surface area contributed by atoms with Gasteiger partial charge in [-0.3, -0.25) is 9.59 Å². The topological polar surface area (TPSA) is 176 Å². The summed E-state index contributed by atoms with van der Waals surface area (Å²) in [6, 6.07) is 32.0. The Morgan fingerprint density at radius 1 is 0.667 bits per heavy atom. The number of rotatable bonds is 10. The number of esters is 2. The molecule has 1 aliphatic heterocycles. The van der Waals surface area contributed by atoms with E-state index in [1.165, 1.54) is 27.2 Å². The molecule has 0 atom stereocenters. The lowest BCUT2D eigenvalue weighted by Gasteiger charge is -2.21. The number of anilines is 3. The van der Waals surface area contributed by atoms with Crippen molar-refractivity contribution in [3.8, 4) is 22.5 Å². The quantitative estimate of drug-likeness (QED) is 0.0528. The smallest absolute Gasteiger partial charge is 0.356 e. The van der Waals surface area contributed by atoms with Crippen LogP contribution in [-0.4, -0.2) is 41.9 Å². The summed E-state index contributed by atoms with van der Waals surface area (Å²) in [6.45, 7) is 1.67. The first-order valence-electron chi connectivity index (χ1n) is 18.0. The number of hydrogen-bond acceptors (Lipinski definition) is 12. The predicted molar refractivity (Wildman–Crippen MR) is 220 cm³/mol. The second-order valence-corrected chi connectivity index (χ2v) is 13.3. The SMILES string of the molecule is COC(=O)c1ccc2cccc(NCc3c4oc5c(CNc6cccc7ccc(C(C)=O)nc67)c(N)ccc5c(-c5ccccc5C(=O)OC)c-4ccc3=O)c2n1. The monoisotopic (exact) mass is 757 g/mol. The first-order chi connectivity index (χ1) is 27.7. The minimum absolute atomic E-state index is 0.0164. The molecule has 2 aliphatic rings. The maximum atomic E-state index is 13.8. The molecule has 0 fully saturated rings. The van der Waals surface area contributed by atoms with Gasteiger partial charge in [0.25, 0.3) is 0 Å². The molecule has 4 aromatic carbocycles. The Kier molecular flexibility index (Phi) is 9.52. The molecule has 12 nitrogen and oxygen atoms in total. The summed E-state index contributed by atoms with van der Waals surface area (Å²) in [6.07, 6.45) is 0. The van der Waals surface area contributed by atoms with E-state index in [1.807, 2.05) is 60.7 Å². The number of nitrogens with two attached hydrogens (primary N) is 1. The van der Waals surface area contributed by atoms with E-state index in [4.69, 9.17) is 19.6 Å². The van der Waals surface area contributed by atoms with E-state index >= 15 is 0 Å². The zero-order chi connectivity index (χ0) is 39.8. The van der Waals surface area contributed by atoms with Gasteiger partial charge in [0.1, 0.15) is 22.7 Å². The molecule has 0 radical (unpaired) electrons. The van der Waals surface area contributed by atoms with E-state index in [9.17, 15) is 19.2 Å². The van der Waals surface area contributed by atoms with Crippen molar-refractivity contribution in [2.75, 3.05) is 30.6 Å². The van der Waals surface area contributed by atoms with Crippen LogP contribution in [0.1, 0.15) is 49.4 Å². The van der Waals surface area contributed by atoms with Gasteiger partial charge in [-0.1, -0.05) is 54.6 Å². The molecule has 0 spiro atoms. The lowest BCUT2D eigenvalue weighted by molar-refractivity contribution is 0.0588. The van der Waals surface area contributed by atoms with Crippen LogP contribution in [0.15, 0.2) is 118 Å².